The average molecular weight is 425 g/mol. The van der Waals surface area contributed by atoms with Crippen LogP contribution in [0.1, 0.15) is 35.6 Å². The molecule has 1 amide bonds. The van der Waals surface area contributed by atoms with Crippen LogP contribution in [-0.2, 0) is 10.0 Å². The lowest BCUT2D eigenvalue weighted by molar-refractivity contribution is 0.102. The topological polar surface area (TPSA) is 101 Å². The van der Waals surface area contributed by atoms with Gasteiger partial charge in [-0.3, -0.25) is 10.1 Å². The second-order valence-corrected chi connectivity index (χ2v) is 10.3. The van der Waals surface area contributed by atoms with Gasteiger partial charge in [-0.05, 0) is 43.4 Å². The number of methoxy groups -OCH3 is 1. The van der Waals surface area contributed by atoms with Crippen molar-refractivity contribution < 1.29 is 17.9 Å². The van der Waals surface area contributed by atoms with Gasteiger partial charge in [0.05, 0.1) is 7.11 Å². The third-order valence-electron chi connectivity index (χ3n) is 4.63. The molecule has 1 aromatic heterocycles. The summed E-state index contributed by atoms with van der Waals surface area (Å²) in [5, 5.41) is 11.4. The smallest absolute Gasteiger partial charge is 0.257 e. The summed E-state index contributed by atoms with van der Waals surface area (Å²) in [5.74, 6) is 0.318. The number of carbonyl (C=O) groups is 1. The van der Waals surface area contributed by atoms with Crippen molar-refractivity contribution in [1.29, 1.82) is 0 Å². The van der Waals surface area contributed by atoms with Gasteiger partial charge in [-0.2, -0.15) is 4.31 Å². The molecule has 1 aliphatic rings. The van der Waals surface area contributed by atoms with Gasteiger partial charge in [-0.15, -0.1) is 10.2 Å². The molecule has 2 unspecified atom stereocenters. The fourth-order valence-electron chi connectivity index (χ4n) is 3.48. The molecule has 2 heterocycles. The molecule has 1 saturated heterocycles. The normalized spacial score (nSPS) is 20.7. The van der Waals surface area contributed by atoms with Crippen molar-refractivity contribution in [2.24, 2.45) is 11.8 Å². The summed E-state index contributed by atoms with van der Waals surface area (Å²) in [5.41, 5.74) is 0.213. The molecule has 1 N–H and O–H groups in total. The van der Waals surface area contributed by atoms with E-state index in [0.717, 1.165) is 11.4 Å². The van der Waals surface area contributed by atoms with E-state index in [1.165, 1.54) is 41.0 Å². The number of piperidine rings is 1. The van der Waals surface area contributed by atoms with Gasteiger partial charge in [-0.1, -0.05) is 25.2 Å². The van der Waals surface area contributed by atoms with Crippen LogP contribution in [0.2, 0.25) is 0 Å². The molecule has 0 spiro atoms. The van der Waals surface area contributed by atoms with Crippen LogP contribution in [0.4, 0.5) is 5.13 Å². The summed E-state index contributed by atoms with van der Waals surface area (Å²) >= 11 is 1.25. The Balaban J connectivity index is 1.93. The highest BCUT2D eigenvalue weighted by atomic mass is 32.2. The van der Waals surface area contributed by atoms with Gasteiger partial charge < -0.3 is 4.74 Å². The Morgan fingerprint density at radius 3 is 2.50 bits per heavy atom. The maximum Gasteiger partial charge on any atom is 0.257 e. The average Bonchev–Trinajstić information content (AvgIpc) is 3.05. The zero-order chi connectivity index (χ0) is 20.5. The van der Waals surface area contributed by atoms with Crippen molar-refractivity contribution >= 4 is 32.4 Å². The van der Waals surface area contributed by atoms with Gasteiger partial charge in [0.25, 0.3) is 5.91 Å². The van der Waals surface area contributed by atoms with E-state index in [9.17, 15) is 13.2 Å². The number of hydrogen-bond donors (Lipinski definition) is 1. The Kier molecular flexibility index (Phi) is 6.01. The summed E-state index contributed by atoms with van der Waals surface area (Å²) in [4.78, 5) is 12.6. The number of hydrogen-bond acceptors (Lipinski definition) is 7. The van der Waals surface area contributed by atoms with Crippen molar-refractivity contribution in [1.82, 2.24) is 14.5 Å². The van der Waals surface area contributed by atoms with E-state index in [1.807, 2.05) is 13.8 Å². The van der Waals surface area contributed by atoms with E-state index >= 15 is 0 Å². The minimum atomic E-state index is -3.79. The molecule has 3 rings (SSSR count). The van der Waals surface area contributed by atoms with Crippen molar-refractivity contribution in [3.8, 4) is 5.75 Å². The van der Waals surface area contributed by atoms with E-state index in [4.69, 9.17) is 4.74 Å². The van der Waals surface area contributed by atoms with Gasteiger partial charge >= 0.3 is 0 Å². The molecular formula is C18H24N4O4S2. The number of sulfonamides is 1. The molecule has 0 radical (unpaired) electrons. The highest BCUT2D eigenvalue weighted by Crippen LogP contribution is 2.32. The van der Waals surface area contributed by atoms with Crippen LogP contribution >= 0.6 is 11.3 Å². The second kappa shape index (κ2) is 8.14. The maximum atomic E-state index is 13.3. The molecule has 1 aliphatic heterocycles. The van der Waals surface area contributed by atoms with E-state index in [1.54, 1.807) is 6.92 Å². The van der Waals surface area contributed by atoms with Crippen LogP contribution < -0.4 is 10.1 Å². The zero-order valence-electron chi connectivity index (χ0n) is 16.3. The van der Waals surface area contributed by atoms with Crippen LogP contribution in [0.25, 0.3) is 0 Å². The van der Waals surface area contributed by atoms with Gasteiger partial charge in [0, 0.05) is 18.7 Å². The summed E-state index contributed by atoms with van der Waals surface area (Å²) < 4.78 is 33.3. The quantitative estimate of drug-likeness (QED) is 0.792. The number of aryl methyl sites for hydroxylation is 1. The maximum absolute atomic E-state index is 13.3. The second-order valence-electron chi connectivity index (χ2n) is 7.21. The Bertz CT molecular complexity index is 964. The molecule has 152 valence electrons. The minimum Gasteiger partial charge on any atom is -0.495 e. The predicted octanol–water partition coefficient (Wildman–Crippen LogP) is 2.77. The molecule has 28 heavy (non-hydrogen) atoms. The first-order chi connectivity index (χ1) is 13.2. The summed E-state index contributed by atoms with van der Waals surface area (Å²) in [6.07, 6.45) is 0.993. The first-order valence-electron chi connectivity index (χ1n) is 9.00. The van der Waals surface area contributed by atoms with E-state index in [-0.39, 0.29) is 28.0 Å². The standard InChI is InChI=1S/C18H24N4O4S2/c1-11-7-12(2)10-22(9-11)28(24,25)16-8-14(5-6-15(16)26-4)17(23)19-18-21-20-13(3)27-18/h5-6,8,11-12H,7,9-10H2,1-4H3,(H,19,21,23). The lowest BCUT2D eigenvalue weighted by Crippen LogP contribution is -2.42. The third-order valence-corrected chi connectivity index (χ3v) is 7.23. The lowest BCUT2D eigenvalue weighted by Gasteiger charge is -2.34. The molecule has 2 atom stereocenters. The molecular weight excluding hydrogens is 400 g/mol. The molecule has 0 bridgehead atoms. The first-order valence-corrected chi connectivity index (χ1v) is 11.3. The minimum absolute atomic E-state index is 0.00241. The first kappa shape index (κ1) is 20.7. The number of benzene rings is 1. The van der Waals surface area contributed by atoms with Crippen LogP contribution in [0.15, 0.2) is 23.1 Å². The van der Waals surface area contributed by atoms with Crippen molar-refractivity contribution in [2.45, 2.75) is 32.1 Å². The monoisotopic (exact) mass is 424 g/mol. The number of ether oxygens (including phenoxy) is 1. The van der Waals surface area contributed by atoms with Crippen molar-refractivity contribution in [3.63, 3.8) is 0 Å². The number of nitrogens with one attached hydrogen (secondary N) is 1. The molecule has 10 heteroatoms. The van der Waals surface area contributed by atoms with Crippen LogP contribution in [0.3, 0.4) is 0 Å². The lowest BCUT2D eigenvalue weighted by atomic mass is 9.94. The number of carbonyl (C=O) groups excluding carboxylic acids is 1. The number of rotatable bonds is 5. The number of anilines is 1. The fraction of sp³-hybridized carbons (Fsp3) is 0.500. The van der Waals surface area contributed by atoms with Crippen LogP contribution in [0.5, 0.6) is 5.75 Å². The molecule has 1 aromatic carbocycles. The number of amides is 1. The molecule has 1 fully saturated rings. The highest BCUT2D eigenvalue weighted by molar-refractivity contribution is 7.89. The summed E-state index contributed by atoms with van der Waals surface area (Å²) in [6, 6.07) is 4.40. The molecule has 2 aromatic rings. The fourth-order valence-corrected chi connectivity index (χ4v) is 5.92. The van der Waals surface area contributed by atoms with Gasteiger partial charge in [-0.25, -0.2) is 8.42 Å². The molecule has 0 saturated carbocycles. The summed E-state index contributed by atoms with van der Waals surface area (Å²) in [7, 11) is -2.38. The number of aromatic nitrogens is 2. The molecule has 0 aliphatic carbocycles. The Hall–Kier alpha value is -2.04. The van der Waals surface area contributed by atoms with Gasteiger partial charge in [0.2, 0.25) is 15.2 Å². The van der Waals surface area contributed by atoms with E-state index in [2.05, 4.69) is 15.5 Å². The van der Waals surface area contributed by atoms with Crippen LogP contribution in [0, 0.1) is 18.8 Å². The SMILES string of the molecule is COc1ccc(C(=O)Nc2nnc(C)s2)cc1S(=O)(=O)N1CC(C)CC(C)C1. The molecule has 8 nitrogen and oxygen atoms in total. The van der Waals surface area contributed by atoms with Crippen molar-refractivity contribution in [3.05, 3.63) is 28.8 Å². The number of nitrogens with zero attached hydrogens (tertiary/aromatic N) is 3. The van der Waals surface area contributed by atoms with Gasteiger partial charge in [0.15, 0.2) is 0 Å². The van der Waals surface area contributed by atoms with E-state index < -0.39 is 15.9 Å². The Morgan fingerprint density at radius 2 is 1.93 bits per heavy atom. The Morgan fingerprint density at radius 1 is 1.25 bits per heavy atom. The van der Waals surface area contributed by atoms with Crippen molar-refractivity contribution in [2.75, 3.05) is 25.5 Å². The van der Waals surface area contributed by atoms with Crippen LogP contribution in [-0.4, -0.2) is 49.0 Å². The predicted molar refractivity (Wildman–Crippen MR) is 107 cm³/mol. The summed E-state index contributed by atoms with van der Waals surface area (Å²) in [6.45, 7) is 6.78. The third kappa shape index (κ3) is 4.34. The Labute approximate surface area is 169 Å². The van der Waals surface area contributed by atoms with E-state index in [0.29, 0.717) is 18.2 Å². The zero-order valence-corrected chi connectivity index (χ0v) is 17.9. The largest absolute Gasteiger partial charge is 0.495 e. The highest BCUT2D eigenvalue weighted by Gasteiger charge is 2.34. The van der Waals surface area contributed by atoms with Gasteiger partial charge in [0.1, 0.15) is 15.7 Å².